The van der Waals surface area contributed by atoms with E-state index in [9.17, 15) is 9.59 Å². The SMILES string of the molecule is Cn1c(C(=O)Nc2ccc(CC(N)=O)cc2)c(Cl)c2ccccc21. The van der Waals surface area contributed by atoms with E-state index in [1.165, 1.54) is 0 Å². The number of nitrogens with zero attached hydrogens (tertiary/aromatic N) is 1. The van der Waals surface area contributed by atoms with Crippen LogP contribution in [-0.2, 0) is 18.3 Å². The Morgan fingerprint density at radius 2 is 1.79 bits per heavy atom. The molecule has 2 aromatic carbocycles. The molecule has 2 amide bonds. The van der Waals surface area contributed by atoms with Crippen molar-refractivity contribution in [1.82, 2.24) is 4.57 Å². The van der Waals surface area contributed by atoms with Gasteiger partial charge < -0.3 is 15.6 Å². The highest BCUT2D eigenvalue weighted by Crippen LogP contribution is 2.30. The van der Waals surface area contributed by atoms with Gasteiger partial charge >= 0.3 is 0 Å². The van der Waals surface area contributed by atoms with Gasteiger partial charge in [-0.15, -0.1) is 0 Å². The molecule has 5 nitrogen and oxygen atoms in total. The number of nitrogens with one attached hydrogen (secondary N) is 1. The molecule has 24 heavy (non-hydrogen) atoms. The van der Waals surface area contributed by atoms with Crippen molar-refractivity contribution in [2.24, 2.45) is 12.8 Å². The molecule has 0 saturated heterocycles. The van der Waals surface area contributed by atoms with E-state index in [2.05, 4.69) is 5.32 Å². The summed E-state index contributed by atoms with van der Waals surface area (Å²) in [7, 11) is 1.80. The fourth-order valence-corrected chi connectivity index (χ4v) is 3.07. The summed E-state index contributed by atoms with van der Waals surface area (Å²) in [6.07, 6.45) is 0.170. The van der Waals surface area contributed by atoms with Gasteiger partial charge in [0.2, 0.25) is 5.91 Å². The van der Waals surface area contributed by atoms with Gasteiger partial charge in [0.05, 0.1) is 11.4 Å². The van der Waals surface area contributed by atoms with Gasteiger partial charge in [-0.2, -0.15) is 0 Å². The molecule has 0 fully saturated rings. The number of nitrogens with two attached hydrogens (primary N) is 1. The van der Waals surface area contributed by atoms with Crippen LogP contribution in [0.5, 0.6) is 0 Å². The molecule has 1 heterocycles. The third-order valence-corrected chi connectivity index (χ3v) is 4.23. The predicted octanol–water partition coefficient (Wildman–Crippen LogP) is 3.11. The Morgan fingerprint density at radius 1 is 1.12 bits per heavy atom. The molecule has 0 aliphatic carbocycles. The van der Waals surface area contributed by atoms with Crippen molar-refractivity contribution < 1.29 is 9.59 Å². The van der Waals surface area contributed by atoms with Gasteiger partial charge in [0.25, 0.3) is 5.91 Å². The number of aromatic nitrogens is 1. The fraction of sp³-hybridized carbons (Fsp3) is 0.111. The van der Waals surface area contributed by atoms with Crippen LogP contribution in [0.15, 0.2) is 48.5 Å². The second-order valence-electron chi connectivity index (χ2n) is 5.53. The number of halogens is 1. The van der Waals surface area contributed by atoms with E-state index in [1.807, 2.05) is 24.3 Å². The molecule has 6 heteroatoms. The Bertz CT molecular complexity index is 890. The summed E-state index contributed by atoms with van der Waals surface area (Å²) in [4.78, 5) is 23.5. The van der Waals surface area contributed by atoms with Crippen LogP contribution in [0.25, 0.3) is 10.9 Å². The van der Waals surface area contributed by atoms with Crippen molar-refractivity contribution >= 4 is 40.0 Å². The summed E-state index contributed by atoms with van der Waals surface area (Å²) in [6.45, 7) is 0. The molecule has 0 atom stereocenters. The van der Waals surface area contributed by atoms with Gasteiger partial charge in [-0.3, -0.25) is 9.59 Å². The third-order valence-electron chi connectivity index (χ3n) is 3.85. The molecule has 0 saturated carbocycles. The maximum Gasteiger partial charge on any atom is 0.273 e. The van der Waals surface area contributed by atoms with E-state index >= 15 is 0 Å². The zero-order valence-electron chi connectivity index (χ0n) is 13.0. The molecule has 0 spiro atoms. The average Bonchev–Trinajstić information content (AvgIpc) is 2.81. The van der Waals surface area contributed by atoms with Crippen LogP contribution in [-0.4, -0.2) is 16.4 Å². The lowest BCUT2D eigenvalue weighted by Crippen LogP contribution is -2.16. The van der Waals surface area contributed by atoms with Crippen molar-refractivity contribution in [1.29, 1.82) is 0 Å². The van der Waals surface area contributed by atoms with Gasteiger partial charge in [0.1, 0.15) is 5.69 Å². The van der Waals surface area contributed by atoms with Gasteiger partial charge in [-0.05, 0) is 23.8 Å². The standard InChI is InChI=1S/C18H16ClN3O2/c1-22-14-5-3-2-4-13(14)16(19)17(22)18(24)21-12-8-6-11(7-9-12)10-15(20)23/h2-9H,10H2,1H3,(H2,20,23)(H,21,24). The smallest absolute Gasteiger partial charge is 0.273 e. The highest BCUT2D eigenvalue weighted by Gasteiger charge is 2.19. The quantitative estimate of drug-likeness (QED) is 0.765. The predicted molar refractivity (Wildman–Crippen MR) is 95.2 cm³/mol. The minimum Gasteiger partial charge on any atom is -0.369 e. The molecule has 1 aromatic heterocycles. The Balaban J connectivity index is 1.86. The molecule has 0 aliphatic heterocycles. The van der Waals surface area contributed by atoms with Gasteiger partial charge in [0, 0.05) is 23.6 Å². The van der Waals surface area contributed by atoms with E-state index in [-0.39, 0.29) is 12.3 Å². The first-order valence-corrected chi connectivity index (χ1v) is 7.76. The van der Waals surface area contributed by atoms with Crippen molar-refractivity contribution in [3.8, 4) is 0 Å². The number of primary amides is 1. The van der Waals surface area contributed by atoms with Crippen LogP contribution in [0.4, 0.5) is 5.69 Å². The second-order valence-corrected chi connectivity index (χ2v) is 5.91. The number of hydrogen-bond acceptors (Lipinski definition) is 2. The van der Waals surface area contributed by atoms with Gasteiger partial charge in [-0.25, -0.2) is 0 Å². The zero-order chi connectivity index (χ0) is 17.3. The minimum atomic E-state index is -0.394. The Kier molecular flexibility index (Phi) is 4.27. The minimum absolute atomic E-state index is 0.170. The maximum absolute atomic E-state index is 12.6. The molecule has 3 N–H and O–H groups in total. The first-order chi connectivity index (χ1) is 11.5. The molecule has 3 aromatic rings. The van der Waals surface area contributed by atoms with Crippen molar-refractivity contribution in [3.63, 3.8) is 0 Å². The summed E-state index contributed by atoms with van der Waals surface area (Å²) in [5.41, 5.74) is 7.87. The average molecular weight is 342 g/mol. The third kappa shape index (κ3) is 2.98. The molecular formula is C18H16ClN3O2. The Labute approximate surface area is 144 Å². The van der Waals surface area contributed by atoms with Crippen LogP contribution >= 0.6 is 11.6 Å². The van der Waals surface area contributed by atoms with Crippen LogP contribution in [0.3, 0.4) is 0 Å². The largest absolute Gasteiger partial charge is 0.369 e. The molecule has 0 aliphatic rings. The molecular weight excluding hydrogens is 326 g/mol. The van der Waals surface area contributed by atoms with Crippen molar-refractivity contribution in [2.45, 2.75) is 6.42 Å². The molecule has 122 valence electrons. The number of carbonyl (C=O) groups excluding carboxylic acids is 2. The number of rotatable bonds is 4. The summed E-state index contributed by atoms with van der Waals surface area (Å²) in [6, 6.07) is 14.5. The number of benzene rings is 2. The van der Waals surface area contributed by atoms with Crippen LogP contribution in [0.2, 0.25) is 5.02 Å². The lowest BCUT2D eigenvalue weighted by molar-refractivity contribution is -0.117. The summed E-state index contributed by atoms with van der Waals surface area (Å²) >= 11 is 6.37. The molecule has 0 bridgehead atoms. The first-order valence-electron chi connectivity index (χ1n) is 7.39. The Hall–Kier alpha value is -2.79. The highest BCUT2D eigenvalue weighted by atomic mass is 35.5. The van der Waals surface area contributed by atoms with Crippen molar-refractivity contribution in [3.05, 3.63) is 64.8 Å². The summed E-state index contributed by atoms with van der Waals surface area (Å²) < 4.78 is 1.77. The maximum atomic E-state index is 12.6. The number of aryl methyl sites for hydroxylation is 1. The fourth-order valence-electron chi connectivity index (χ4n) is 2.70. The lowest BCUT2D eigenvalue weighted by atomic mass is 10.1. The summed E-state index contributed by atoms with van der Waals surface area (Å²) in [5, 5.41) is 4.08. The zero-order valence-corrected chi connectivity index (χ0v) is 13.8. The van der Waals surface area contributed by atoms with E-state index in [4.69, 9.17) is 17.3 Å². The van der Waals surface area contributed by atoms with E-state index in [0.29, 0.717) is 16.4 Å². The molecule has 3 rings (SSSR count). The number of amides is 2. The van der Waals surface area contributed by atoms with E-state index in [1.54, 1.807) is 35.9 Å². The summed E-state index contributed by atoms with van der Waals surface area (Å²) in [5.74, 6) is -0.685. The molecule has 0 unspecified atom stereocenters. The number of hydrogen-bond donors (Lipinski definition) is 2. The van der Waals surface area contributed by atoms with Crippen LogP contribution in [0.1, 0.15) is 16.1 Å². The monoisotopic (exact) mass is 341 g/mol. The molecule has 0 radical (unpaired) electrons. The normalized spacial score (nSPS) is 10.8. The van der Waals surface area contributed by atoms with E-state index < -0.39 is 5.91 Å². The van der Waals surface area contributed by atoms with Crippen LogP contribution in [0, 0.1) is 0 Å². The number of carbonyl (C=O) groups is 2. The van der Waals surface area contributed by atoms with E-state index in [0.717, 1.165) is 16.5 Å². The first kappa shape index (κ1) is 16.1. The highest BCUT2D eigenvalue weighted by molar-refractivity contribution is 6.39. The second kappa shape index (κ2) is 6.37. The Morgan fingerprint density at radius 3 is 2.42 bits per heavy atom. The number of fused-ring (bicyclic) bond motifs is 1. The number of anilines is 1. The van der Waals surface area contributed by atoms with Crippen LogP contribution < -0.4 is 11.1 Å². The lowest BCUT2D eigenvalue weighted by Gasteiger charge is -2.08. The number of para-hydroxylation sites is 1. The van der Waals surface area contributed by atoms with Gasteiger partial charge in [0.15, 0.2) is 0 Å². The van der Waals surface area contributed by atoms with Gasteiger partial charge in [-0.1, -0.05) is 41.9 Å². The van der Waals surface area contributed by atoms with Crippen molar-refractivity contribution in [2.75, 3.05) is 5.32 Å². The topological polar surface area (TPSA) is 77.1 Å².